The van der Waals surface area contributed by atoms with E-state index < -0.39 is 0 Å². The molecule has 0 saturated carbocycles. The van der Waals surface area contributed by atoms with Crippen LogP contribution in [0, 0.1) is 0 Å². The standard InChI is InChI=1S/C12H19N3O3/c1-5-14-12(15-13)8-6-10(17-3)11(18-4)7-9(8)16-2/h6-7H,5,13H2,1-4H3,(H,14,15). The second-order valence-corrected chi connectivity index (χ2v) is 3.37. The van der Waals surface area contributed by atoms with E-state index in [0.717, 1.165) is 5.56 Å². The summed E-state index contributed by atoms with van der Waals surface area (Å²) in [5.41, 5.74) is 3.28. The van der Waals surface area contributed by atoms with Gasteiger partial charge in [0.05, 0.1) is 26.9 Å². The van der Waals surface area contributed by atoms with Gasteiger partial charge in [-0.3, -0.25) is 4.99 Å². The van der Waals surface area contributed by atoms with Crippen molar-refractivity contribution in [2.24, 2.45) is 10.8 Å². The van der Waals surface area contributed by atoms with Gasteiger partial charge in [-0.1, -0.05) is 0 Å². The molecule has 1 rings (SSSR count). The maximum Gasteiger partial charge on any atom is 0.164 e. The highest BCUT2D eigenvalue weighted by atomic mass is 16.5. The first kappa shape index (κ1) is 14.1. The fourth-order valence-corrected chi connectivity index (χ4v) is 1.58. The maximum absolute atomic E-state index is 5.47. The number of hydrogen-bond acceptors (Lipinski definition) is 5. The zero-order chi connectivity index (χ0) is 13.5. The van der Waals surface area contributed by atoms with Gasteiger partial charge < -0.3 is 19.6 Å². The molecule has 1 aromatic rings. The van der Waals surface area contributed by atoms with Crippen LogP contribution in [0.5, 0.6) is 17.2 Å². The van der Waals surface area contributed by atoms with Gasteiger partial charge in [0.15, 0.2) is 11.5 Å². The summed E-state index contributed by atoms with van der Waals surface area (Å²) < 4.78 is 15.8. The van der Waals surface area contributed by atoms with Crippen LogP contribution < -0.4 is 25.5 Å². The molecule has 0 fully saturated rings. The Morgan fingerprint density at radius 1 is 1.11 bits per heavy atom. The molecule has 0 heterocycles. The highest BCUT2D eigenvalue weighted by molar-refractivity contribution is 6.01. The maximum atomic E-state index is 5.47. The highest BCUT2D eigenvalue weighted by Gasteiger charge is 2.15. The van der Waals surface area contributed by atoms with Crippen LogP contribution in [0.4, 0.5) is 0 Å². The van der Waals surface area contributed by atoms with Crippen molar-refractivity contribution in [3.63, 3.8) is 0 Å². The van der Waals surface area contributed by atoms with Crippen molar-refractivity contribution in [1.29, 1.82) is 0 Å². The molecular formula is C12H19N3O3. The first-order valence-electron chi connectivity index (χ1n) is 5.53. The molecule has 6 heteroatoms. The van der Waals surface area contributed by atoms with E-state index in [4.69, 9.17) is 20.1 Å². The molecule has 0 radical (unpaired) electrons. The van der Waals surface area contributed by atoms with E-state index in [1.165, 1.54) is 0 Å². The number of ether oxygens (including phenoxy) is 3. The van der Waals surface area contributed by atoms with Crippen molar-refractivity contribution in [3.8, 4) is 17.2 Å². The fourth-order valence-electron chi connectivity index (χ4n) is 1.58. The van der Waals surface area contributed by atoms with E-state index in [9.17, 15) is 0 Å². The summed E-state index contributed by atoms with van der Waals surface area (Å²) in [6.07, 6.45) is 0. The molecule has 0 aliphatic rings. The van der Waals surface area contributed by atoms with Gasteiger partial charge in [-0.25, -0.2) is 5.84 Å². The highest BCUT2D eigenvalue weighted by Crippen LogP contribution is 2.34. The van der Waals surface area contributed by atoms with Crippen LogP contribution in [-0.4, -0.2) is 33.7 Å². The normalized spacial score (nSPS) is 11.1. The monoisotopic (exact) mass is 253 g/mol. The van der Waals surface area contributed by atoms with E-state index in [0.29, 0.717) is 29.6 Å². The molecule has 0 spiro atoms. The predicted molar refractivity (Wildman–Crippen MR) is 70.5 cm³/mol. The number of nitrogens with two attached hydrogens (primary N) is 1. The van der Waals surface area contributed by atoms with E-state index in [-0.39, 0.29) is 0 Å². The lowest BCUT2D eigenvalue weighted by Crippen LogP contribution is -2.31. The van der Waals surface area contributed by atoms with E-state index in [2.05, 4.69) is 10.4 Å². The summed E-state index contributed by atoms with van der Waals surface area (Å²) >= 11 is 0. The van der Waals surface area contributed by atoms with E-state index in [1.54, 1.807) is 33.5 Å². The number of amidine groups is 1. The van der Waals surface area contributed by atoms with E-state index >= 15 is 0 Å². The Morgan fingerprint density at radius 2 is 1.67 bits per heavy atom. The lowest BCUT2D eigenvalue weighted by Gasteiger charge is -2.15. The molecule has 18 heavy (non-hydrogen) atoms. The van der Waals surface area contributed by atoms with Crippen LogP contribution in [0.25, 0.3) is 0 Å². The summed E-state index contributed by atoms with van der Waals surface area (Å²) in [6, 6.07) is 3.50. The topological polar surface area (TPSA) is 78.1 Å². The van der Waals surface area contributed by atoms with Crippen molar-refractivity contribution in [2.75, 3.05) is 27.9 Å². The minimum absolute atomic E-state index is 0.537. The number of aliphatic imine (C=N–C) groups is 1. The summed E-state index contributed by atoms with van der Waals surface area (Å²) in [5, 5.41) is 0. The summed E-state index contributed by atoms with van der Waals surface area (Å²) in [7, 11) is 4.71. The number of methoxy groups -OCH3 is 3. The van der Waals surface area contributed by atoms with Crippen LogP contribution in [-0.2, 0) is 0 Å². The Morgan fingerprint density at radius 3 is 2.11 bits per heavy atom. The number of nitrogens with one attached hydrogen (secondary N) is 1. The van der Waals surface area contributed by atoms with Gasteiger partial charge in [0.25, 0.3) is 0 Å². The molecule has 6 nitrogen and oxygen atoms in total. The fraction of sp³-hybridized carbons (Fsp3) is 0.417. The summed E-state index contributed by atoms with van der Waals surface area (Å²) in [5.74, 6) is 7.79. The molecule has 0 amide bonds. The Balaban J connectivity index is 3.37. The van der Waals surface area contributed by atoms with Crippen molar-refractivity contribution < 1.29 is 14.2 Å². The smallest absolute Gasteiger partial charge is 0.164 e. The lowest BCUT2D eigenvalue weighted by atomic mass is 10.1. The third kappa shape index (κ3) is 2.84. The van der Waals surface area contributed by atoms with Gasteiger partial charge in [-0.2, -0.15) is 0 Å². The lowest BCUT2D eigenvalue weighted by molar-refractivity contribution is 0.348. The third-order valence-corrected chi connectivity index (χ3v) is 2.41. The van der Waals surface area contributed by atoms with Gasteiger partial charge in [0.1, 0.15) is 11.6 Å². The molecule has 0 bridgehead atoms. The molecule has 1 aromatic carbocycles. The Kier molecular flexibility index (Phi) is 5.26. The Bertz CT molecular complexity index is 433. The summed E-state index contributed by atoms with van der Waals surface area (Å²) in [6.45, 7) is 2.53. The van der Waals surface area contributed by atoms with Crippen molar-refractivity contribution in [2.45, 2.75) is 6.92 Å². The molecule has 3 N–H and O–H groups in total. The van der Waals surface area contributed by atoms with Gasteiger partial charge in [-0.15, -0.1) is 0 Å². The zero-order valence-corrected chi connectivity index (χ0v) is 11.1. The molecule has 0 saturated heterocycles. The predicted octanol–water partition coefficient (Wildman–Crippen LogP) is 0.942. The number of hydrogen-bond donors (Lipinski definition) is 2. The Hall–Kier alpha value is -1.95. The zero-order valence-electron chi connectivity index (χ0n) is 11.1. The molecule has 0 aliphatic carbocycles. The quantitative estimate of drug-likeness (QED) is 0.353. The van der Waals surface area contributed by atoms with E-state index in [1.807, 2.05) is 6.92 Å². The average molecular weight is 253 g/mol. The second kappa shape index (κ2) is 6.70. The largest absolute Gasteiger partial charge is 0.496 e. The van der Waals surface area contributed by atoms with Crippen LogP contribution in [0.2, 0.25) is 0 Å². The van der Waals surface area contributed by atoms with Gasteiger partial charge in [-0.05, 0) is 13.0 Å². The average Bonchev–Trinajstić information content (AvgIpc) is 2.43. The van der Waals surface area contributed by atoms with Crippen molar-refractivity contribution in [1.82, 2.24) is 5.43 Å². The Labute approximate surface area is 107 Å². The van der Waals surface area contributed by atoms with Crippen molar-refractivity contribution in [3.05, 3.63) is 17.7 Å². The van der Waals surface area contributed by atoms with Gasteiger partial charge in [0, 0.05) is 12.6 Å². The summed E-state index contributed by atoms with van der Waals surface area (Å²) in [4.78, 5) is 4.26. The molecule has 100 valence electrons. The molecule has 0 aromatic heterocycles. The number of benzene rings is 1. The van der Waals surface area contributed by atoms with Crippen molar-refractivity contribution >= 4 is 5.84 Å². The number of hydrazine groups is 1. The molecule has 0 atom stereocenters. The molecule has 0 aliphatic heterocycles. The molecular weight excluding hydrogens is 234 g/mol. The van der Waals surface area contributed by atoms with Gasteiger partial charge >= 0.3 is 0 Å². The second-order valence-electron chi connectivity index (χ2n) is 3.37. The van der Waals surface area contributed by atoms with Crippen LogP contribution in [0.3, 0.4) is 0 Å². The third-order valence-electron chi connectivity index (χ3n) is 2.41. The van der Waals surface area contributed by atoms with Crippen LogP contribution in [0.1, 0.15) is 12.5 Å². The molecule has 0 unspecified atom stereocenters. The van der Waals surface area contributed by atoms with Crippen LogP contribution >= 0.6 is 0 Å². The minimum atomic E-state index is 0.537. The number of rotatable bonds is 5. The number of nitrogens with zero attached hydrogens (tertiary/aromatic N) is 1. The minimum Gasteiger partial charge on any atom is -0.496 e. The van der Waals surface area contributed by atoms with Gasteiger partial charge in [0.2, 0.25) is 0 Å². The SMILES string of the molecule is CCN=C(NN)c1cc(OC)c(OC)cc1OC. The van der Waals surface area contributed by atoms with Crippen LogP contribution in [0.15, 0.2) is 17.1 Å². The first-order valence-corrected chi connectivity index (χ1v) is 5.53. The first-order chi connectivity index (χ1) is 8.71.